The summed E-state index contributed by atoms with van der Waals surface area (Å²) in [7, 11) is 0. The number of carbonyl (C=O) groups is 1. The summed E-state index contributed by atoms with van der Waals surface area (Å²) in [5.41, 5.74) is 3.49. The first-order valence-electron chi connectivity index (χ1n) is 8.17. The van der Waals surface area contributed by atoms with Crippen molar-refractivity contribution in [1.29, 1.82) is 0 Å². The summed E-state index contributed by atoms with van der Waals surface area (Å²) in [6, 6.07) is 13.9. The molecule has 0 heterocycles. The second-order valence-corrected chi connectivity index (χ2v) is 5.87. The van der Waals surface area contributed by atoms with Crippen molar-refractivity contribution in [2.75, 3.05) is 0 Å². The van der Waals surface area contributed by atoms with Crippen molar-refractivity contribution in [3.05, 3.63) is 76.6 Å². The quantitative estimate of drug-likeness (QED) is 0.349. The Kier molecular flexibility index (Phi) is 6.28. The fraction of sp³-hybridized carbons (Fsp3) is 0.286. The lowest BCUT2D eigenvalue weighted by Crippen LogP contribution is -2.04. The predicted octanol–water partition coefficient (Wildman–Crippen LogP) is 5.98. The second-order valence-electron chi connectivity index (χ2n) is 5.87. The first-order valence-corrected chi connectivity index (χ1v) is 8.17. The average Bonchev–Trinajstić information content (AvgIpc) is 2.56. The minimum atomic E-state index is -0.264. The van der Waals surface area contributed by atoms with E-state index in [1.165, 1.54) is 12.1 Å². The fourth-order valence-electron chi connectivity index (χ4n) is 2.47. The number of Topliss-reactive ketones (excluding diaryl/α,β-unsaturated/α-hetero) is 1. The minimum absolute atomic E-state index is 0.0606. The highest BCUT2D eigenvalue weighted by Gasteiger charge is 2.12. The first-order chi connectivity index (χ1) is 11.1. The van der Waals surface area contributed by atoms with E-state index in [2.05, 4.69) is 6.92 Å². The summed E-state index contributed by atoms with van der Waals surface area (Å²) < 4.78 is 13.0. The molecular weight excluding hydrogens is 287 g/mol. The van der Waals surface area contributed by atoms with Gasteiger partial charge in [0, 0.05) is 11.1 Å². The normalized spacial score (nSPS) is 11.5. The molecule has 0 aliphatic carbocycles. The van der Waals surface area contributed by atoms with E-state index in [0.717, 1.165) is 42.4 Å². The molecule has 23 heavy (non-hydrogen) atoms. The highest BCUT2D eigenvalue weighted by molar-refractivity contribution is 6.11. The zero-order valence-corrected chi connectivity index (χ0v) is 13.8. The first kappa shape index (κ1) is 17.1. The number of unbranched alkanes of at least 4 members (excludes halogenated alkanes) is 2. The van der Waals surface area contributed by atoms with Crippen molar-refractivity contribution in [1.82, 2.24) is 0 Å². The maximum Gasteiger partial charge on any atom is 0.189 e. The molecule has 0 aliphatic rings. The van der Waals surface area contributed by atoms with E-state index in [4.69, 9.17) is 0 Å². The highest BCUT2D eigenvalue weighted by Crippen LogP contribution is 2.19. The molecule has 120 valence electrons. The van der Waals surface area contributed by atoms with Crippen LogP contribution in [0.15, 0.2) is 54.1 Å². The molecule has 2 aromatic carbocycles. The third-order valence-corrected chi connectivity index (χ3v) is 3.87. The van der Waals surface area contributed by atoms with Gasteiger partial charge in [-0.15, -0.1) is 0 Å². The van der Waals surface area contributed by atoms with Crippen LogP contribution in [0.4, 0.5) is 4.39 Å². The van der Waals surface area contributed by atoms with Crippen LogP contribution in [0.1, 0.15) is 54.1 Å². The van der Waals surface area contributed by atoms with Gasteiger partial charge in [-0.1, -0.05) is 61.7 Å². The Morgan fingerprint density at radius 2 is 1.65 bits per heavy atom. The fourth-order valence-corrected chi connectivity index (χ4v) is 2.47. The molecule has 0 aromatic heterocycles. The molecule has 0 N–H and O–H groups in total. The second kappa shape index (κ2) is 8.42. The van der Waals surface area contributed by atoms with Crippen LogP contribution in [0.3, 0.4) is 0 Å². The molecule has 2 aromatic rings. The Hall–Kier alpha value is -2.22. The maximum atomic E-state index is 13.0. The molecule has 0 spiro atoms. The van der Waals surface area contributed by atoms with Gasteiger partial charge < -0.3 is 0 Å². The van der Waals surface area contributed by atoms with Gasteiger partial charge >= 0.3 is 0 Å². The smallest absolute Gasteiger partial charge is 0.189 e. The molecule has 0 radical (unpaired) electrons. The molecule has 2 heteroatoms. The van der Waals surface area contributed by atoms with E-state index in [-0.39, 0.29) is 11.6 Å². The van der Waals surface area contributed by atoms with Crippen LogP contribution in [0.5, 0.6) is 0 Å². The molecule has 0 amide bonds. The van der Waals surface area contributed by atoms with Gasteiger partial charge in [-0.25, -0.2) is 4.39 Å². The van der Waals surface area contributed by atoms with Crippen LogP contribution >= 0.6 is 0 Å². The van der Waals surface area contributed by atoms with Gasteiger partial charge in [-0.2, -0.15) is 0 Å². The standard InChI is InChI=1S/C21H23FO/c1-3-4-5-6-19(15-17-9-13-20(22)14-10-17)21(23)18-11-7-16(2)8-12-18/h7-15H,3-6H2,1-2H3. The number of aryl methyl sites for hydroxylation is 1. The Morgan fingerprint density at radius 1 is 1.00 bits per heavy atom. The third-order valence-electron chi connectivity index (χ3n) is 3.87. The van der Waals surface area contributed by atoms with Crippen LogP contribution < -0.4 is 0 Å². The number of carbonyl (C=O) groups excluding carboxylic acids is 1. The Morgan fingerprint density at radius 3 is 2.26 bits per heavy atom. The molecule has 0 saturated heterocycles. The molecule has 0 aliphatic heterocycles. The Bertz CT molecular complexity index is 666. The Balaban J connectivity index is 2.27. The molecule has 0 unspecified atom stereocenters. The summed E-state index contributed by atoms with van der Waals surface area (Å²) in [6.45, 7) is 4.15. The summed E-state index contributed by atoms with van der Waals surface area (Å²) in [5, 5.41) is 0. The van der Waals surface area contributed by atoms with E-state index < -0.39 is 0 Å². The van der Waals surface area contributed by atoms with Gasteiger partial charge in [0.25, 0.3) is 0 Å². The number of rotatable bonds is 7. The van der Waals surface area contributed by atoms with Crippen molar-refractivity contribution in [2.45, 2.75) is 39.5 Å². The molecule has 2 rings (SSSR count). The van der Waals surface area contributed by atoms with Gasteiger partial charge in [0.05, 0.1) is 0 Å². The van der Waals surface area contributed by atoms with Crippen molar-refractivity contribution in [3.8, 4) is 0 Å². The monoisotopic (exact) mass is 310 g/mol. The molecule has 1 nitrogen and oxygen atoms in total. The summed E-state index contributed by atoms with van der Waals surface area (Å²) in [5.74, 6) is -0.204. The lowest BCUT2D eigenvalue weighted by atomic mass is 9.96. The number of hydrogen-bond acceptors (Lipinski definition) is 1. The van der Waals surface area contributed by atoms with Gasteiger partial charge in [-0.3, -0.25) is 4.79 Å². The van der Waals surface area contributed by atoms with Crippen LogP contribution in [0.2, 0.25) is 0 Å². The van der Waals surface area contributed by atoms with E-state index >= 15 is 0 Å². The number of ketones is 1. The van der Waals surface area contributed by atoms with E-state index in [1.54, 1.807) is 12.1 Å². The average molecular weight is 310 g/mol. The minimum Gasteiger partial charge on any atom is -0.289 e. The van der Waals surface area contributed by atoms with E-state index in [1.807, 2.05) is 37.3 Å². The molecule has 0 fully saturated rings. The lowest BCUT2D eigenvalue weighted by molar-refractivity contribution is 0.103. The van der Waals surface area contributed by atoms with Crippen molar-refractivity contribution >= 4 is 11.9 Å². The van der Waals surface area contributed by atoms with Crippen molar-refractivity contribution in [2.24, 2.45) is 0 Å². The molecular formula is C21H23FO. The zero-order valence-electron chi connectivity index (χ0n) is 13.8. The SMILES string of the molecule is CCCCCC(=Cc1ccc(F)cc1)C(=O)c1ccc(C)cc1. The number of hydrogen-bond donors (Lipinski definition) is 0. The van der Waals surface area contributed by atoms with E-state index in [0.29, 0.717) is 5.56 Å². The van der Waals surface area contributed by atoms with Crippen LogP contribution in [0, 0.1) is 12.7 Å². The predicted molar refractivity (Wildman–Crippen MR) is 94.0 cm³/mol. The van der Waals surface area contributed by atoms with Crippen molar-refractivity contribution < 1.29 is 9.18 Å². The van der Waals surface area contributed by atoms with Crippen LogP contribution in [-0.4, -0.2) is 5.78 Å². The zero-order chi connectivity index (χ0) is 16.7. The summed E-state index contributed by atoms with van der Waals surface area (Å²) >= 11 is 0. The lowest BCUT2D eigenvalue weighted by Gasteiger charge is -2.08. The maximum absolute atomic E-state index is 13.0. The summed E-state index contributed by atoms with van der Waals surface area (Å²) in [6.07, 6.45) is 5.83. The molecule has 0 bridgehead atoms. The molecule has 0 saturated carbocycles. The van der Waals surface area contributed by atoms with Crippen LogP contribution in [0.25, 0.3) is 6.08 Å². The third kappa shape index (κ3) is 5.17. The van der Waals surface area contributed by atoms with Gasteiger partial charge in [-0.05, 0) is 43.5 Å². The topological polar surface area (TPSA) is 17.1 Å². The summed E-state index contributed by atoms with van der Waals surface area (Å²) in [4.78, 5) is 12.8. The Labute approximate surface area is 137 Å². The molecule has 0 atom stereocenters. The van der Waals surface area contributed by atoms with Gasteiger partial charge in [0.1, 0.15) is 5.82 Å². The number of benzene rings is 2. The largest absolute Gasteiger partial charge is 0.289 e. The number of halogens is 1. The number of allylic oxidation sites excluding steroid dienone is 1. The highest BCUT2D eigenvalue weighted by atomic mass is 19.1. The van der Waals surface area contributed by atoms with E-state index in [9.17, 15) is 9.18 Å². The van der Waals surface area contributed by atoms with Gasteiger partial charge in [0.15, 0.2) is 5.78 Å². The van der Waals surface area contributed by atoms with Crippen molar-refractivity contribution in [3.63, 3.8) is 0 Å². The van der Waals surface area contributed by atoms with Crippen LogP contribution in [-0.2, 0) is 0 Å². The van der Waals surface area contributed by atoms with Gasteiger partial charge in [0.2, 0.25) is 0 Å².